The van der Waals surface area contributed by atoms with Gasteiger partial charge in [-0.05, 0) is 45.1 Å². The van der Waals surface area contributed by atoms with Crippen molar-refractivity contribution >= 4 is 41.5 Å². The van der Waals surface area contributed by atoms with E-state index in [9.17, 15) is 43.8 Å². The highest BCUT2D eigenvalue weighted by molar-refractivity contribution is 5.98. The van der Waals surface area contributed by atoms with E-state index in [-0.39, 0.29) is 24.2 Å². The van der Waals surface area contributed by atoms with Crippen molar-refractivity contribution in [1.82, 2.24) is 31.5 Å². The molecule has 15 heteroatoms. The summed E-state index contributed by atoms with van der Waals surface area (Å²) >= 11 is 0. The first-order valence-corrected chi connectivity index (χ1v) is 15.5. The van der Waals surface area contributed by atoms with E-state index in [1.807, 2.05) is 20.8 Å². The Kier molecular flexibility index (Phi) is 18.6. The summed E-state index contributed by atoms with van der Waals surface area (Å²) in [5, 5.41) is 31.7. The van der Waals surface area contributed by atoms with Gasteiger partial charge in [0.1, 0.15) is 24.2 Å². The van der Waals surface area contributed by atoms with E-state index in [1.54, 1.807) is 41.7 Å². The van der Waals surface area contributed by atoms with Gasteiger partial charge in [-0.15, -0.1) is 0 Å². The lowest BCUT2D eigenvalue weighted by Crippen LogP contribution is -2.60. The zero-order valence-corrected chi connectivity index (χ0v) is 28.1. The molecular formula is C30H54N6O9. The summed E-state index contributed by atoms with van der Waals surface area (Å²) in [5.74, 6) is -7.10. The molecule has 0 aliphatic rings. The van der Waals surface area contributed by atoms with Gasteiger partial charge in [0.05, 0.1) is 18.9 Å². The van der Waals surface area contributed by atoms with Gasteiger partial charge in [0.25, 0.3) is 0 Å². The number of nitrogens with zero attached hydrogens (tertiary/aromatic N) is 1. The van der Waals surface area contributed by atoms with Crippen LogP contribution in [0.5, 0.6) is 0 Å². The van der Waals surface area contributed by atoms with Crippen LogP contribution in [0.15, 0.2) is 0 Å². The van der Waals surface area contributed by atoms with Crippen molar-refractivity contribution in [1.29, 1.82) is 0 Å². The van der Waals surface area contributed by atoms with Crippen LogP contribution in [0.4, 0.5) is 0 Å². The van der Waals surface area contributed by atoms with Gasteiger partial charge >= 0.3 is 11.9 Å². The number of amides is 5. The zero-order chi connectivity index (χ0) is 35.0. The highest BCUT2D eigenvalue weighted by Crippen LogP contribution is 2.12. The van der Waals surface area contributed by atoms with Crippen molar-refractivity contribution in [2.24, 2.45) is 17.8 Å². The minimum atomic E-state index is -1.71. The summed E-state index contributed by atoms with van der Waals surface area (Å²) in [6.07, 6.45) is -0.859. The molecular weight excluding hydrogens is 588 g/mol. The standard InChI is InChI=1S/C30H54N6O9/c1-10-18(8)25(35-28(42)24(31-9)17(6)7)29(43)33-19(14-22(37)36(11-2)12-3)26(40)32-20(15-23(38)39)27(41)34-21(30(44)45)13-16(4)5/h16-21,24-25,31H,10-15H2,1-9H3,(H,32,40)(H,33,43)(H,34,41)(H,35,42)(H,38,39)(H,44,45)/t18-,19-,20-,21-,24-,25-/m0/s1. The van der Waals surface area contributed by atoms with Gasteiger partial charge in [0.15, 0.2) is 0 Å². The number of carbonyl (C=O) groups excluding carboxylic acids is 5. The summed E-state index contributed by atoms with van der Waals surface area (Å²) in [5.41, 5.74) is 0. The molecule has 5 amide bonds. The molecule has 0 fully saturated rings. The van der Waals surface area contributed by atoms with Crippen LogP contribution in [-0.4, -0.2) is 107 Å². The molecule has 0 saturated heterocycles. The van der Waals surface area contributed by atoms with Gasteiger partial charge in [-0.1, -0.05) is 48.0 Å². The number of hydrogen-bond donors (Lipinski definition) is 7. The maximum absolute atomic E-state index is 13.6. The van der Waals surface area contributed by atoms with Crippen molar-refractivity contribution in [3.05, 3.63) is 0 Å². The molecule has 7 N–H and O–H groups in total. The average Bonchev–Trinajstić information content (AvgIpc) is 2.94. The molecule has 258 valence electrons. The fourth-order valence-corrected chi connectivity index (χ4v) is 4.68. The van der Waals surface area contributed by atoms with Crippen molar-refractivity contribution in [3.8, 4) is 0 Å². The van der Waals surface area contributed by atoms with E-state index in [0.717, 1.165) is 0 Å². The number of carbonyl (C=O) groups is 7. The third-order valence-corrected chi connectivity index (χ3v) is 7.51. The van der Waals surface area contributed by atoms with Crippen LogP contribution in [0.2, 0.25) is 0 Å². The SMILES string of the molecule is CC[C@H](C)[C@H](NC(=O)[C@@H](NC)C(C)C)C(=O)N[C@@H](CC(=O)N(CC)CC)C(=O)N[C@@H](CC(=O)O)C(=O)N[C@@H](CC(C)C)C(=O)O. The van der Waals surface area contributed by atoms with Crippen LogP contribution in [-0.2, 0) is 33.6 Å². The first-order chi connectivity index (χ1) is 20.9. The second-order valence-corrected chi connectivity index (χ2v) is 11.9. The van der Waals surface area contributed by atoms with E-state index in [1.165, 1.54) is 4.90 Å². The maximum atomic E-state index is 13.6. The molecule has 0 saturated carbocycles. The minimum Gasteiger partial charge on any atom is -0.481 e. The Bertz CT molecular complexity index is 1030. The number of aliphatic carboxylic acids is 2. The Morgan fingerprint density at radius 2 is 1.11 bits per heavy atom. The molecule has 6 atom stereocenters. The van der Waals surface area contributed by atoms with E-state index < -0.39 is 84.5 Å². The van der Waals surface area contributed by atoms with E-state index in [0.29, 0.717) is 19.5 Å². The zero-order valence-electron chi connectivity index (χ0n) is 28.1. The van der Waals surface area contributed by atoms with Crippen LogP contribution in [0.25, 0.3) is 0 Å². The van der Waals surface area contributed by atoms with Crippen molar-refractivity contribution in [2.75, 3.05) is 20.1 Å². The lowest BCUT2D eigenvalue weighted by Gasteiger charge is -2.30. The first kappa shape index (κ1) is 41.2. The van der Waals surface area contributed by atoms with Gasteiger partial charge in [0.2, 0.25) is 29.5 Å². The van der Waals surface area contributed by atoms with Crippen LogP contribution in [0.3, 0.4) is 0 Å². The summed E-state index contributed by atoms with van der Waals surface area (Å²) < 4.78 is 0. The van der Waals surface area contributed by atoms with Gasteiger partial charge in [-0.2, -0.15) is 0 Å². The van der Waals surface area contributed by atoms with Crippen LogP contribution in [0.1, 0.15) is 81.1 Å². The molecule has 0 aliphatic heterocycles. The first-order valence-electron chi connectivity index (χ1n) is 15.5. The molecule has 0 bridgehead atoms. The Labute approximate surface area is 266 Å². The van der Waals surface area contributed by atoms with E-state index >= 15 is 0 Å². The fraction of sp³-hybridized carbons (Fsp3) is 0.767. The number of carboxylic acid groups (broad SMARTS) is 2. The molecule has 0 radical (unpaired) electrons. The number of nitrogens with one attached hydrogen (secondary N) is 5. The Morgan fingerprint density at radius 1 is 0.644 bits per heavy atom. The van der Waals surface area contributed by atoms with E-state index in [2.05, 4.69) is 26.6 Å². The molecule has 0 aliphatic carbocycles. The molecule has 0 rings (SSSR count). The predicted octanol–water partition coefficient (Wildman–Crippen LogP) is 0.0796. The van der Waals surface area contributed by atoms with Crippen LogP contribution < -0.4 is 26.6 Å². The van der Waals surface area contributed by atoms with Gasteiger partial charge in [0, 0.05) is 13.1 Å². The lowest BCUT2D eigenvalue weighted by molar-refractivity contribution is -0.144. The quantitative estimate of drug-likeness (QED) is 0.0893. The molecule has 45 heavy (non-hydrogen) atoms. The highest BCUT2D eigenvalue weighted by atomic mass is 16.4. The second-order valence-electron chi connectivity index (χ2n) is 11.9. The van der Waals surface area contributed by atoms with Gasteiger partial charge in [-0.25, -0.2) is 4.79 Å². The number of likely N-dealkylation sites (N-methyl/N-ethyl adjacent to an activating group) is 1. The highest BCUT2D eigenvalue weighted by Gasteiger charge is 2.36. The van der Waals surface area contributed by atoms with Crippen molar-refractivity contribution in [3.63, 3.8) is 0 Å². The summed E-state index contributed by atoms with van der Waals surface area (Å²) in [6.45, 7) is 14.8. The predicted molar refractivity (Wildman–Crippen MR) is 167 cm³/mol. The third kappa shape index (κ3) is 14.3. The topological polar surface area (TPSA) is 223 Å². The lowest BCUT2D eigenvalue weighted by atomic mass is 9.96. The summed E-state index contributed by atoms with van der Waals surface area (Å²) in [4.78, 5) is 90.9. The Hall–Kier alpha value is -3.75. The molecule has 0 spiro atoms. The number of rotatable bonds is 21. The Morgan fingerprint density at radius 3 is 1.51 bits per heavy atom. The third-order valence-electron chi connectivity index (χ3n) is 7.51. The van der Waals surface area contributed by atoms with Crippen molar-refractivity contribution in [2.45, 2.75) is 111 Å². The molecule has 15 nitrogen and oxygen atoms in total. The van der Waals surface area contributed by atoms with Crippen LogP contribution in [0, 0.1) is 17.8 Å². The number of carboxylic acids is 2. The monoisotopic (exact) mass is 642 g/mol. The Balaban J connectivity index is 6.37. The molecule has 0 aromatic carbocycles. The largest absolute Gasteiger partial charge is 0.481 e. The van der Waals surface area contributed by atoms with Crippen LogP contribution >= 0.6 is 0 Å². The van der Waals surface area contributed by atoms with Gasteiger partial charge in [-0.3, -0.25) is 28.8 Å². The molecule has 0 unspecified atom stereocenters. The fourth-order valence-electron chi connectivity index (χ4n) is 4.68. The summed E-state index contributed by atoms with van der Waals surface area (Å²) in [7, 11) is 1.62. The molecule has 0 aromatic rings. The maximum Gasteiger partial charge on any atom is 0.326 e. The molecule has 0 heterocycles. The van der Waals surface area contributed by atoms with E-state index in [4.69, 9.17) is 0 Å². The summed E-state index contributed by atoms with van der Waals surface area (Å²) in [6, 6.07) is -6.28. The molecule has 0 aromatic heterocycles. The average molecular weight is 643 g/mol. The minimum absolute atomic E-state index is 0.0554. The second kappa shape index (κ2) is 20.3. The van der Waals surface area contributed by atoms with Gasteiger partial charge < -0.3 is 41.7 Å². The van der Waals surface area contributed by atoms with Crippen molar-refractivity contribution < 1.29 is 43.8 Å². The normalized spacial score (nSPS) is 15.2. The smallest absolute Gasteiger partial charge is 0.326 e. The number of hydrogen-bond acceptors (Lipinski definition) is 8.